The van der Waals surface area contributed by atoms with E-state index in [9.17, 15) is 4.79 Å². The van der Waals surface area contributed by atoms with Crippen LogP contribution < -0.4 is 5.32 Å². The van der Waals surface area contributed by atoms with E-state index in [2.05, 4.69) is 24.3 Å². The Bertz CT molecular complexity index is 307. The molecule has 14 heavy (non-hydrogen) atoms. The lowest BCUT2D eigenvalue weighted by Gasteiger charge is -2.00. The number of carbonyl (C=O) groups is 1. The Hall–Kier alpha value is -1.32. The number of nitrogens with zero attached hydrogens (tertiary/aromatic N) is 1. The SMILES string of the molecule is CCC(=O)Nc1cc(C(C)CC)no1. The molecule has 1 N–H and O–H groups in total. The molecule has 0 aliphatic heterocycles. The van der Waals surface area contributed by atoms with Gasteiger partial charge in [-0.2, -0.15) is 0 Å². The van der Waals surface area contributed by atoms with E-state index in [0.29, 0.717) is 18.2 Å². The van der Waals surface area contributed by atoms with Gasteiger partial charge in [-0.25, -0.2) is 0 Å². The first-order valence-corrected chi connectivity index (χ1v) is 4.93. The zero-order valence-corrected chi connectivity index (χ0v) is 8.83. The fraction of sp³-hybridized carbons (Fsp3) is 0.600. The number of rotatable bonds is 4. The first-order valence-electron chi connectivity index (χ1n) is 4.93. The zero-order valence-electron chi connectivity index (χ0n) is 8.83. The molecule has 1 aromatic heterocycles. The van der Waals surface area contributed by atoms with Crippen molar-refractivity contribution in [3.63, 3.8) is 0 Å². The number of hydrogen-bond donors (Lipinski definition) is 1. The van der Waals surface area contributed by atoms with Crippen LogP contribution >= 0.6 is 0 Å². The maximum absolute atomic E-state index is 11.0. The molecule has 1 unspecified atom stereocenters. The summed E-state index contributed by atoms with van der Waals surface area (Å²) in [5.74, 6) is 0.745. The molecule has 0 fully saturated rings. The molecule has 4 nitrogen and oxygen atoms in total. The lowest BCUT2D eigenvalue weighted by Crippen LogP contribution is -2.08. The van der Waals surface area contributed by atoms with E-state index in [0.717, 1.165) is 12.1 Å². The third-order valence-corrected chi connectivity index (χ3v) is 2.23. The number of aromatic nitrogens is 1. The lowest BCUT2D eigenvalue weighted by molar-refractivity contribution is -0.116. The molecule has 1 amide bonds. The predicted octanol–water partition coefficient (Wildman–Crippen LogP) is 2.54. The van der Waals surface area contributed by atoms with Crippen LogP contribution in [0, 0.1) is 0 Å². The van der Waals surface area contributed by atoms with Crippen LogP contribution in [0.15, 0.2) is 10.6 Å². The van der Waals surface area contributed by atoms with Crippen LogP contribution in [0.2, 0.25) is 0 Å². The Kier molecular flexibility index (Phi) is 3.68. The fourth-order valence-electron chi connectivity index (χ4n) is 1.01. The van der Waals surface area contributed by atoms with E-state index in [-0.39, 0.29) is 5.91 Å². The number of anilines is 1. The highest BCUT2D eigenvalue weighted by molar-refractivity contribution is 5.89. The first-order chi connectivity index (χ1) is 6.67. The molecular weight excluding hydrogens is 180 g/mol. The monoisotopic (exact) mass is 196 g/mol. The van der Waals surface area contributed by atoms with Crippen LogP contribution in [0.3, 0.4) is 0 Å². The van der Waals surface area contributed by atoms with Crippen molar-refractivity contribution in [2.75, 3.05) is 5.32 Å². The second-order valence-electron chi connectivity index (χ2n) is 3.33. The minimum Gasteiger partial charge on any atom is -0.338 e. The van der Waals surface area contributed by atoms with Gasteiger partial charge >= 0.3 is 0 Å². The zero-order chi connectivity index (χ0) is 10.6. The summed E-state index contributed by atoms with van der Waals surface area (Å²) in [5, 5.41) is 6.51. The number of nitrogens with one attached hydrogen (secondary N) is 1. The number of amides is 1. The van der Waals surface area contributed by atoms with Crippen LogP contribution in [-0.4, -0.2) is 11.1 Å². The summed E-state index contributed by atoms with van der Waals surface area (Å²) in [6.07, 6.45) is 1.45. The molecule has 0 aliphatic rings. The van der Waals surface area contributed by atoms with Gasteiger partial charge in [-0.1, -0.05) is 25.9 Å². The summed E-state index contributed by atoms with van der Waals surface area (Å²) in [4.78, 5) is 11.0. The van der Waals surface area contributed by atoms with Gasteiger partial charge in [-0.15, -0.1) is 0 Å². The van der Waals surface area contributed by atoms with Gasteiger partial charge in [-0.3, -0.25) is 10.1 Å². The van der Waals surface area contributed by atoms with Crippen molar-refractivity contribution in [3.05, 3.63) is 11.8 Å². The van der Waals surface area contributed by atoms with Crippen LogP contribution in [0.5, 0.6) is 0 Å². The minimum absolute atomic E-state index is 0.0585. The van der Waals surface area contributed by atoms with Crippen LogP contribution in [-0.2, 0) is 4.79 Å². The minimum atomic E-state index is -0.0585. The second kappa shape index (κ2) is 4.79. The van der Waals surface area contributed by atoms with E-state index in [4.69, 9.17) is 4.52 Å². The van der Waals surface area contributed by atoms with E-state index in [1.807, 2.05) is 0 Å². The molecule has 0 aromatic carbocycles. The summed E-state index contributed by atoms with van der Waals surface area (Å²) < 4.78 is 4.98. The van der Waals surface area contributed by atoms with E-state index < -0.39 is 0 Å². The van der Waals surface area contributed by atoms with Crippen LogP contribution in [0.1, 0.15) is 45.2 Å². The summed E-state index contributed by atoms with van der Waals surface area (Å²) in [6.45, 7) is 5.95. The Morgan fingerprint density at radius 1 is 1.64 bits per heavy atom. The Labute approximate surface area is 83.7 Å². The predicted molar refractivity (Wildman–Crippen MR) is 54.1 cm³/mol. The lowest BCUT2D eigenvalue weighted by atomic mass is 10.1. The van der Waals surface area contributed by atoms with Gasteiger partial charge in [0, 0.05) is 18.4 Å². The molecule has 1 aromatic rings. The van der Waals surface area contributed by atoms with E-state index in [1.165, 1.54) is 0 Å². The quantitative estimate of drug-likeness (QED) is 0.805. The molecule has 0 aliphatic carbocycles. The average molecular weight is 196 g/mol. The summed E-state index contributed by atoms with van der Waals surface area (Å²) in [7, 11) is 0. The Morgan fingerprint density at radius 2 is 2.36 bits per heavy atom. The van der Waals surface area contributed by atoms with Crippen molar-refractivity contribution in [2.45, 2.75) is 39.5 Å². The van der Waals surface area contributed by atoms with Crippen molar-refractivity contribution in [1.29, 1.82) is 0 Å². The Balaban J connectivity index is 2.63. The maximum Gasteiger partial charge on any atom is 0.231 e. The largest absolute Gasteiger partial charge is 0.338 e. The van der Waals surface area contributed by atoms with Gasteiger partial charge in [0.25, 0.3) is 0 Å². The molecule has 0 saturated carbocycles. The van der Waals surface area contributed by atoms with Gasteiger partial charge in [-0.05, 0) is 6.42 Å². The van der Waals surface area contributed by atoms with Gasteiger partial charge in [0.1, 0.15) is 0 Å². The average Bonchev–Trinajstić information content (AvgIpc) is 2.65. The van der Waals surface area contributed by atoms with E-state index in [1.54, 1.807) is 13.0 Å². The molecule has 1 rings (SSSR count). The van der Waals surface area contributed by atoms with Gasteiger partial charge in [0.2, 0.25) is 11.8 Å². The van der Waals surface area contributed by atoms with Gasteiger partial charge < -0.3 is 4.52 Å². The molecule has 78 valence electrons. The van der Waals surface area contributed by atoms with Crippen LogP contribution in [0.4, 0.5) is 5.88 Å². The first kappa shape index (κ1) is 10.8. The molecule has 0 radical (unpaired) electrons. The topological polar surface area (TPSA) is 55.1 Å². The molecule has 0 spiro atoms. The normalized spacial score (nSPS) is 12.5. The van der Waals surface area contributed by atoms with Gasteiger partial charge in [0.15, 0.2) is 0 Å². The summed E-state index contributed by atoms with van der Waals surface area (Å²) >= 11 is 0. The fourth-order valence-corrected chi connectivity index (χ4v) is 1.01. The standard InChI is InChI=1S/C10H16N2O2/c1-4-7(3)8-6-10(14-12-8)11-9(13)5-2/h6-7H,4-5H2,1-3H3,(H,11,13). The smallest absolute Gasteiger partial charge is 0.231 e. The molecule has 1 heterocycles. The second-order valence-corrected chi connectivity index (χ2v) is 3.33. The Morgan fingerprint density at radius 3 is 2.93 bits per heavy atom. The molecule has 0 saturated heterocycles. The summed E-state index contributed by atoms with van der Waals surface area (Å²) in [5.41, 5.74) is 0.888. The van der Waals surface area contributed by atoms with Crippen molar-refractivity contribution >= 4 is 11.8 Å². The third kappa shape index (κ3) is 2.58. The summed E-state index contributed by atoms with van der Waals surface area (Å²) in [6, 6.07) is 1.78. The highest BCUT2D eigenvalue weighted by Gasteiger charge is 2.10. The molecular formula is C10H16N2O2. The van der Waals surface area contributed by atoms with Crippen molar-refractivity contribution in [3.8, 4) is 0 Å². The van der Waals surface area contributed by atoms with Crippen molar-refractivity contribution in [2.24, 2.45) is 0 Å². The molecule has 4 heteroatoms. The van der Waals surface area contributed by atoms with Crippen LogP contribution in [0.25, 0.3) is 0 Å². The van der Waals surface area contributed by atoms with Crippen molar-refractivity contribution in [1.82, 2.24) is 5.16 Å². The highest BCUT2D eigenvalue weighted by Crippen LogP contribution is 2.20. The van der Waals surface area contributed by atoms with E-state index >= 15 is 0 Å². The number of hydrogen-bond acceptors (Lipinski definition) is 3. The maximum atomic E-state index is 11.0. The highest BCUT2D eigenvalue weighted by atomic mass is 16.5. The molecule has 1 atom stereocenters. The number of carbonyl (C=O) groups excluding carboxylic acids is 1. The third-order valence-electron chi connectivity index (χ3n) is 2.23. The molecule has 0 bridgehead atoms. The van der Waals surface area contributed by atoms with Gasteiger partial charge in [0.05, 0.1) is 5.69 Å². The van der Waals surface area contributed by atoms with Crippen molar-refractivity contribution < 1.29 is 9.32 Å².